The van der Waals surface area contributed by atoms with Crippen molar-refractivity contribution in [3.63, 3.8) is 0 Å². The summed E-state index contributed by atoms with van der Waals surface area (Å²) in [6.07, 6.45) is 0. The first-order valence-electron chi connectivity index (χ1n) is 7.01. The van der Waals surface area contributed by atoms with E-state index in [9.17, 15) is 4.79 Å². The van der Waals surface area contributed by atoms with Gasteiger partial charge in [-0.1, -0.05) is 30.3 Å². The first kappa shape index (κ1) is 14.5. The van der Waals surface area contributed by atoms with Gasteiger partial charge >= 0.3 is 0 Å². The summed E-state index contributed by atoms with van der Waals surface area (Å²) in [6, 6.07) is 13.7. The minimum Gasteiger partial charge on any atom is -0.397 e. The molecule has 0 spiro atoms. The van der Waals surface area contributed by atoms with Crippen LogP contribution in [-0.4, -0.2) is 22.8 Å². The number of thiophene rings is 1. The van der Waals surface area contributed by atoms with Gasteiger partial charge in [0.2, 0.25) is 0 Å². The van der Waals surface area contributed by atoms with E-state index in [1.54, 1.807) is 11.9 Å². The summed E-state index contributed by atoms with van der Waals surface area (Å²) >= 11 is 1.36. The van der Waals surface area contributed by atoms with Crippen molar-refractivity contribution < 1.29 is 4.79 Å². The molecule has 112 valence electrons. The normalized spacial score (nSPS) is 10.8. The molecule has 22 heavy (non-hydrogen) atoms. The van der Waals surface area contributed by atoms with Crippen LogP contribution in [0, 0.1) is 6.92 Å². The average Bonchev–Trinajstić information content (AvgIpc) is 2.83. The molecule has 2 N–H and O–H groups in total. The number of anilines is 1. The van der Waals surface area contributed by atoms with Gasteiger partial charge in [0.25, 0.3) is 5.91 Å². The van der Waals surface area contributed by atoms with Crippen molar-refractivity contribution in [3.05, 3.63) is 58.6 Å². The van der Waals surface area contributed by atoms with Gasteiger partial charge < -0.3 is 10.6 Å². The van der Waals surface area contributed by atoms with Crippen LogP contribution in [0.2, 0.25) is 0 Å². The van der Waals surface area contributed by atoms with Gasteiger partial charge in [-0.25, -0.2) is 4.98 Å². The number of aryl methyl sites for hydroxylation is 1. The molecule has 2 aromatic heterocycles. The molecule has 0 aliphatic heterocycles. The number of nitrogens with zero attached hydrogens (tertiary/aromatic N) is 2. The van der Waals surface area contributed by atoms with Crippen LogP contribution in [0.5, 0.6) is 0 Å². The molecule has 0 atom stereocenters. The first-order valence-corrected chi connectivity index (χ1v) is 7.83. The molecule has 0 saturated carbocycles. The van der Waals surface area contributed by atoms with Crippen LogP contribution >= 0.6 is 11.3 Å². The highest BCUT2D eigenvalue weighted by molar-refractivity contribution is 7.21. The topological polar surface area (TPSA) is 59.2 Å². The maximum atomic E-state index is 12.7. The van der Waals surface area contributed by atoms with Crippen LogP contribution in [0.25, 0.3) is 10.2 Å². The molecular formula is C17H17N3OS. The molecule has 0 bridgehead atoms. The lowest BCUT2D eigenvalue weighted by Gasteiger charge is -2.16. The number of carbonyl (C=O) groups excluding carboxylic acids is 1. The van der Waals surface area contributed by atoms with Gasteiger partial charge in [0.15, 0.2) is 0 Å². The Bertz CT molecular complexity index is 827. The second kappa shape index (κ2) is 5.77. The molecule has 3 aromatic rings. The fourth-order valence-electron chi connectivity index (χ4n) is 2.35. The van der Waals surface area contributed by atoms with E-state index in [1.165, 1.54) is 11.3 Å². The predicted octanol–water partition coefficient (Wildman–Crippen LogP) is 3.46. The Morgan fingerprint density at radius 3 is 2.68 bits per heavy atom. The van der Waals surface area contributed by atoms with Gasteiger partial charge in [-0.3, -0.25) is 4.79 Å². The summed E-state index contributed by atoms with van der Waals surface area (Å²) < 4.78 is 0. The number of benzene rings is 1. The highest BCUT2D eigenvalue weighted by Gasteiger charge is 2.20. The fraction of sp³-hybridized carbons (Fsp3) is 0.176. The van der Waals surface area contributed by atoms with E-state index in [-0.39, 0.29) is 5.91 Å². The molecular weight excluding hydrogens is 294 g/mol. The zero-order chi connectivity index (χ0) is 15.7. The lowest BCUT2D eigenvalue weighted by molar-refractivity contribution is 0.0791. The Labute approximate surface area is 133 Å². The van der Waals surface area contributed by atoms with Crippen LogP contribution in [0.1, 0.15) is 20.9 Å². The highest BCUT2D eigenvalue weighted by atomic mass is 32.1. The molecule has 1 aromatic carbocycles. The maximum Gasteiger partial charge on any atom is 0.266 e. The summed E-state index contributed by atoms with van der Waals surface area (Å²) in [5, 5.41) is 0.854. The molecule has 4 nitrogen and oxygen atoms in total. The number of amides is 1. The molecule has 5 heteroatoms. The molecule has 2 heterocycles. The van der Waals surface area contributed by atoms with Crippen LogP contribution in [0.3, 0.4) is 0 Å². The largest absolute Gasteiger partial charge is 0.397 e. The standard InChI is InChI=1S/C17H17N3OS/c1-11-8-9-13-14(18)15(22-16(13)19-11)17(21)20(2)10-12-6-4-3-5-7-12/h3-9H,10,18H2,1-2H3. The van der Waals surface area contributed by atoms with E-state index in [0.29, 0.717) is 17.1 Å². The van der Waals surface area contributed by atoms with Gasteiger partial charge in [0, 0.05) is 24.7 Å². The first-order chi connectivity index (χ1) is 10.6. The lowest BCUT2D eigenvalue weighted by Crippen LogP contribution is -2.26. The SMILES string of the molecule is Cc1ccc2c(N)c(C(=O)N(C)Cc3ccccc3)sc2n1. The number of fused-ring (bicyclic) bond motifs is 1. The Kier molecular flexibility index (Phi) is 3.81. The molecule has 3 rings (SSSR count). The Hall–Kier alpha value is -2.40. The molecule has 0 saturated heterocycles. The van der Waals surface area contributed by atoms with Crippen LogP contribution in [0.15, 0.2) is 42.5 Å². The number of hydrogen-bond donors (Lipinski definition) is 1. The van der Waals surface area contributed by atoms with Crippen molar-refractivity contribution in [2.45, 2.75) is 13.5 Å². The third-order valence-corrected chi connectivity index (χ3v) is 4.64. The Morgan fingerprint density at radius 1 is 1.23 bits per heavy atom. The van der Waals surface area contributed by atoms with Crippen molar-refractivity contribution in [1.29, 1.82) is 0 Å². The molecule has 0 radical (unpaired) electrons. The number of nitrogens with two attached hydrogens (primary N) is 1. The quantitative estimate of drug-likeness (QED) is 0.806. The Balaban J connectivity index is 1.90. The highest BCUT2D eigenvalue weighted by Crippen LogP contribution is 2.33. The zero-order valence-electron chi connectivity index (χ0n) is 12.5. The smallest absolute Gasteiger partial charge is 0.266 e. The minimum absolute atomic E-state index is 0.0676. The van der Waals surface area contributed by atoms with Crippen LogP contribution < -0.4 is 5.73 Å². The second-order valence-electron chi connectivity index (χ2n) is 5.30. The number of aromatic nitrogens is 1. The summed E-state index contributed by atoms with van der Waals surface area (Å²) in [6.45, 7) is 2.48. The van der Waals surface area contributed by atoms with Crippen molar-refractivity contribution in [1.82, 2.24) is 9.88 Å². The van der Waals surface area contributed by atoms with E-state index < -0.39 is 0 Å². The lowest BCUT2D eigenvalue weighted by atomic mass is 10.2. The second-order valence-corrected chi connectivity index (χ2v) is 6.30. The summed E-state index contributed by atoms with van der Waals surface area (Å²) in [5.41, 5.74) is 8.68. The van der Waals surface area contributed by atoms with Gasteiger partial charge in [-0.15, -0.1) is 11.3 Å². The van der Waals surface area contributed by atoms with Gasteiger partial charge in [0.1, 0.15) is 9.71 Å². The van der Waals surface area contributed by atoms with E-state index in [1.807, 2.05) is 49.4 Å². The van der Waals surface area contributed by atoms with Crippen LogP contribution in [0.4, 0.5) is 5.69 Å². The summed E-state index contributed by atoms with van der Waals surface area (Å²) in [5.74, 6) is -0.0676. The molecule has 0 unspecified atom stereocenters. The van der Waals surface area contributed by atoms with Crippen molar-refractivity contribution in [2.75, 3.05) is 12.8 Å². The number of hydrogen-bond acceptors (Lipinski definition) is 4. The number of nitrogen functional groups attached to an aromatic ring is 1. The summed E-state index contributed by atoms with van der Waals surface area (Å²) in [4.78, 5) is 20.2. The van der Waals surface area contributed by atoms with Gasteiger partial charge in [-0.05, 0) is 24.6 Å². The monoisotopic (exact) mass is 311 g/mol. The minimum atomic E-state index is -0.0676. The third-order valence-electron chi connectivity index (χ3n) is 3.54. The van der Waals surface area contributed by atoms with Crippen molar-refractivity contribution in [2.24, 2.45) is 0 Å². The maximum absolute atomic E-state index is 12.7. The molecule has 1 amide bonds. The molecule has 0 aliphatic carbocycles. The van der Waals surface area contributed by atoms with Crippen molar-refractivity contribution >= 4 is 33.1 Å². The summed E-state index contributed by atoms with van der Waals surface area (Å²) in [7, 11) is 1.79. The van der Waals surface area contributed by atoms with Crippen molar-refractivity contribution in [3.8, 4) is 0 Å². The predicted molar refractivity (Wildman–Crippen MR) is 91.0 cm³/mol. The fourth-order valence-corrected chi connectivity index (χ4v) is 3.48. The molecule has 0 aliphatic rings. The van der Waals surface area contributed by atoms with Crippen LogP contribution in [-0.2, 0) is 6.54 Å². The third kappa shape index (κ3) is 2.67. The number of carbonyl (C=O) groups is 1. The van der Waals surface area contributed by atoms with E-state index in [0.717, 1.165) is 21.5 Å². The number of pyridine rings is 1. The average molecular weight is 311 g/mol. The van der Waals surface area contributed by atoms with E-state index >= 15 is 0 Å². The van der Waals surface area contributed by atoms with Gasteiger partial charge in [-0.2, -0.15) is 0 Å². The zero-order valence-corrected chi connectivity index (χ0v) is 13.4. The van der Waals surface area contributed by atoms with E-state index in [4.69, 9.17) is 5.73 Å². The van der Waals surface area contributed by atoms with E-state index in [2.05, 4.69) is 4.98 Å². The molecule has 0 fully saturated rings. The van der Waals surface area contributed by atoms with Gasteiger partial charge in [0.05, 0.1) is 5.69 Å². The Morgan fingerprint density at radius 2 is 1.95 bits per heavy atom. The number of rotatable bonds is 3.